The summed E-state index contributed by atoms with van der Waals surface area (Å²) in [7, 11) is 0. The Hall–Kier alpha value is -0.750. The van der Waals surface area contributed by atoms with E-state index in [9.17, 15) is 0 Å². The van der Waals surface area contributed by atoms with Gasteiger partial charge < -0.3 is 11.6 Å². The molecule has 0 fully saturated rings. The van der Waals surface area contributed by atoms with Crippen molar-refractivity contribution in [2.45, 2.75) is 31.3 Å². The highest BCUT2D eigenvalue weighted by Gasteiger charge is 2.08. The van der Waals surface area contributed by atoms with E-state index in [1.165, 1.54) is 0 Å². The summed E-state index contributed by atoms with van der Waals surface area (Å²) < 4.78 is 1.57. The van der Waals surface area contributed by atoms with E-state index in [0.717, 1.165) is 36.0 Å². The minimum Gasteiger partial charge on any atom is -0.336 e. The van der Waals surface area contributed by atoms with Gasteiger partial charge in [-0.2, -0.15) is 0 Å². The third-order valence-corrected chi connectivity index (χ3v) is 2.81. The molecule has 0 spiro atoms. The summed E-state index contributed by atoms with van der Waals surface area (Å²) in [6, 6.07) is 0. The Kier molecular flexibility index (Phi) is 4.75. The molecule has 0 aliphatic heterocycles. The number of unbranched alkanes of at least 4 members (excludes halogenated alkanes) is 1. The molecule has 6 heteroatoms. The number of aromatic nitrogens is 3. The van der Waals surface area contributed by atoms with Crippen molar-refractivity contribution in [1.29, 1.82) is 0 Å². The Labute approximate surface area is 88.2 Å². The predicted molar refractivity (Wildman–Crippen MR) is 58.6 cm³/mol. The van der Waals surface area contributed by atoms with Crippen molar-refractivity contribution in [3.63, 3.8) is 0 Å². The number of thioether (sulfide) groups is 1. The molecule has 1 heterocycles. The van der Waals surface area contributed by atoms with Crippen LogP contribution in [-0.2, 0) is 6.42 Å². The van der Waals surface area contributed by atoms with Crippen molar-refractivity contribution in [3.8, 4) is 0 Å². The van der Waals surface area contributed by atoms with Gasteiger partial charge in [0.25, 0.3) is 0 Å². The largest absolute Gasteiger partial charge is 0.336 e. The zero-order chi connectivity index (χ0) is 10.4. The van der Waals surface area contributed by atoms with E-state index >= 15 is 0 Å². The third kappa shape index (κ3) is 2.88. The number of nitrogen functional groups attached to an aromatic ring is 1. The minimum atomic E-state index is 0.627. The molecule has 0 radical (unpaired) electrons. The van der Waals surface area contributed by atoms with Gasteiger partial charge in [0, 0.05) is 18.7 Å². The van der Waals surface area contributed by atoms with E-state index in [2.05, 4.69) is 17.1 Å². The van der Waals surface area contributed by atoms with E-state index in [1.54, 1.807) is 16.4 Å². The molecule has 0 aliphatic rings. The molecule has 80 valence electrons. The van der Waals surface area contributed by atoms with Crippen LogP contribution in [0.4, 0.5) is 0 Å². The van der Waals surface area contributed by atoms with Crippen molar-refractivity contribution in [2.75, 3.05) is 18.1 Å². The highest BCUT2D eigenvalue weighted by molar-refractivity contribution is 7.99. The summed E-state index contributed by atoms with van der Waals surface area (Å²) in [4.78, 5) is 0. The second-order valence-electron chi connectivity index (χ2n) is 3.01. The van der Waals surface area contributed by atoms with Crippen molar-refractivity contribution < 1.29 is 0 Å². The first kappa shape index (κ1) is 11.3. The maximum atomic E-state index is 5.81. The topological polar surface area (TPSA) is 82.8 Å². The molecule has 0 atom stereocenters. The summed E-state index contributed by atoms with van der Waals surface area (Å²) >= 11 is 1.54. The number of hydrogen-bond donors (Lipinski definition) is 2. The van der Waals surface area contributed by atoms with Gasteiger partial charge in [0.1, 0.15) is 0 Å². The molecule has 14 heavy (non-hydrogen) atoms. The lowest BCUT2D eigenvalue weighted by molar-refractivity contribution is 0.712. The maximum Gasteiger partial charge on any atom is 0.209 e. The minimum absolute atomic E-state index is 0.627. The van der Waals surface area contributed by atoms with Gasteiger partial charge in [0.15, 0.2) is 5.82 Å². The second kappa shape index (κ2) is 5.87. The third-order valence-electron chi connectivity index (χ3n) is 1.84. The van der Waals surface area contributed by atoms with E-state index in [1.807, 2.05) is 0 Å². The van der Waals surface area contributed by atoms with Crippen molar-refractivity contribution >= 4 is 11.8 Å². The average Bonchev–Trinajstić information content (AvgIpc) is 2.54. The van der Waals surface area contributed by atoms with Crippen LogP contribution in [0.3, 0.4) is 0 Å². The van der Waals surface area contributed by atoms with Gasteiger partial charge in [0.05, 0.1) is 0 Å². The highest BCUT2D eigenvalue weighted by Crippen LogP contribution is 2.14. The number of rotatable bonds is 6. The molecule has 0 amide bonds. The Morgan fingerprint density at radius 3 is 2.86 bits per heavy atom. The van der Waals surface area contributed by atoms with E-state index < -0.39 is 0 Å². The van der Waals surface area contributed by atoms with Gasteiger partial charge in [-0.3, -0.25) is 0 Å². The number of aryl methyl sites for hydroxylation is 1. The smallest absolute Gasteiger partial charge is 0.209 e. The Morgan fingerprint density at radius 1 is 1.43 bits per heavy atom. The molecule has 5 nitrogen and oxygen atoms in total. The standard InChI is InChI=1S/C8H17N5S/c1-2-3-4-7-11-12-8(13(7)10)14-6-5-9/h2-6,9-10H2,1H3. The van der Waals surface area contributed by atoms with Crippen molar-refractivity contribution in [3.05, 3.63) is 5.82 Å². The van der Waals surface area contributed by atoms with Gasteiger partial charge in [-0.15, -0.1) is 10.2 Å². The van der Waals surface area contributed by atoms with Crippen LogP contribution in [0, 0.1) is 0 Å². The van der Waals surface area contributed by atoms with Crippen molar-refractivity contribution in [1.82, 2.24) is 14.9 Å². The van der Waals surface area contributed by atoms with E-state index in [4.69, 9.17) is 11.6 Å². The van der Waals surface area contributed by atoms with Gasteiger partial charge in [-0.25, -0.2) is 4.68 Å². The summed E-state index contributed by atoms with van der Waals surface area (Å²) in [5, 5.41) is 8.79. The Morgan fingerprint density at radius 2 is 2.21 bits per heavy atom. The molecular weight excluding hydrogens is 198 g/mol. The second-order valence-corrected chi connectivity index (χ2v) is 4.07. The first-order chi connectivity index (χ1) is 6.79. The first-order valence-corrected chi connectivity index (χ1v) is 5.80. The summed E-state index contributed by atoms with van der Waals surface area (Å²) in [5.74, 6) is 7.49. The van der Waals surface area contributed by atoms with Crippen LogP contribution >= 0.6 is 11.8 Å². The number of nitrogens with two attached hydrogens (primary N) is 2. The summed E-state index contributed by atoms with van der Waals surface area (Å²) in [6.07, 6.45) is 3.12. The zero-order valence-corrected chi connectivity index (χ0v) is 9.26. The quantitative estimate of drug-likeness (QED) is 0.529. The molecule has 1 aromatic heterocycles. The lowest BCUT2D eigenvalue weighted by Crippen LogP contribution is -2.14. The van der Waals surface area contributed by atoms with Gasteiger partial charge in [-0.1, -0.05) is 25.1 Å². The molecule has 0 bridgehead atoms. The van der Waals surface area contributed by atoms with Crippen LogP contribution in [-0.4, -0.2) is 27.2 Å². The van der Waals surface area contributed by atoms with Crippen LogP contribution < -0.4 is 11.6 Å². The average molecular weight is 215 g/mol. The molecular formula is C8H17N5S. The van der Waals surface area contributed by atoms with Crippen molar-refractivity contribution in [2.24, 2.45) is 5.73 Å². The molecule has 0 saturated carbocycles. The van der Waals surface area contributed by atoms with E-state index in [-0.39, 0.29) is 0 Å². The number of nitrogens with zero attached hydrogens (tertiary/aromatic N) is 3. The lowest BCUT2D eigenvalue weighted by Gasteiger charge is -2.01. The molecule has 0 aliphatic carbocycles. The molecule has 1 rings (SSSR count). The number of hydrogen-bond acceptors (Lipinski definition) is 5. The fourth-order valence-corrected chi connectivity index (χ4v) is 1.70. The van der Waals surface area contributed by atoms with Crippen LogP contribution in [0.1, 0.15) is 25.6 Å². The molecule has 0 aromatic carbocycles. The van der Waals surface area contributed by atoms with Gasteiger partial charge >= 0.3 is 0 Å². The molecule has 0 saturated heterocycles. The van der Waals surface area contributed by atoms with Crippen LogP contribution in [0.5, 0.6) is 0 Å². The van der Waals surface area contributed by atoms with Gasteiger partial charge in [-0.05, 0) is 6.42 Å². The fraction of sp³-hybridized carbons (Fsp3) is 0.750. The Bertz CT molecular complexity index is 247. The summed E-state index contributed by atoms with van der Waals surface area (Å²) in [6.45, 7) is 2.77. The first-order valence-electron chi connectivity index (χ1n) is 4.81. The monoisotopic (exact) mass is 215 g/mol. The normalized spacial score (nSPS) is 10.7. The van der Waals surface area contributed by atoms with Crippen LogP contribution in [0.25, 0.3) is 0 Å². The van der Waals surface area contributed by atoms with Crippen LogP contribution in [0.2, 0.25) is 0 Å². The molecule has 1 aromatic rings. The predicted octanol–water partition coefficient (Wildman–Crippen LogP) is 0.385. The Balaban J connectivity index is 2.55. The lowest BCUT2D eigenvalue weighted by atomic mass is 10.2. The SMILES string of the molecule is CCCCc1nnc(SCCN)n1N. The van der Waals surface area contributed by atoms with Crippen LogP contribution in [0.15, 0.2) is 5.16 Å². The maximum absolute atomic E-state index is 5.81. The molecule has 4 N–H and O–H groups in total. The molecule has 0 unspecified atom stereocenters. The summed E-state index contributed by atoms with van der Waals surface area (Å²) in [5.41, 5.74) is 5.39. The zero-order valence-electron chi connectivity index (χ0n) is 8.44. The van der Waals surface area contributed by atoms with E-state index in [0.29, 0.717) is 6.54 Å². The highest BCUT2D eigenvalue weighted by atomic mass is 32.2. The fourth-order valence-electron chi connectivity index (χ4n) is 1.06. The van der Waals surface area contributed by atoms with Gasteiger partial charge in [0.2, 0.25) is 5.16 Å².